The van der Waals surface area contributed by atoms with Crippen molar-refractivity contribution in [1.29, 1.82) is 0 Å². The molecule has 0 unspecified atom stereocenters. The van der Waals surface area contributed by atoms with E-state index in [0.29, 0.717) is 35.7 Å². The lowest BCUT2D eigenvalue weighted by atomic mass is 9.69. The Bertz CT molecular complexity index is 1810. The number of halogens is 1. The van der Waals surface area contributed by atoms with Gasteiger partial charge in [0.05, 0.1) is 31.5 Å². The molecule has 296 valence electrons. The minimum Gasteiger partial charge on any atom is -0.496 e. The monoisotopic (exact) mass is 810 g/mol. The highest BCUT2D eigenvalue weighted by molar-refractivity contribution is 7.08. The topological polar surface area (TPSA) is 140 Å². The van der Waals surface area contributed by atoms with Crippen LogP contribution in [0.1, 0.15) is 97.1 Å². The summed E-state index contributed by atoms with van der Waals surface area (Å²) in [6.45, 7) is 3.87. The number of carbonyl (C=O) groups is 4. The Morgan fingerprint density at radius 2 is 1.11 bits per heavy atom. The van der Waals surface area contributed by atoms with Crippen molar-refractivity contribution in [3.8, 4) is 11.5 Å². The second-order valence-corrected chi connectivity index (χ2v) is 16.0. The van der Waals surface area contributed by atoms with Crippen molar-refractivity contribution in [3.63, 3.8) is 0 Å². The van der Waals surface area contributed by atoms with Crippen LogP contribution in [-0.2, 0) is 25.2 Å². The summed E-state index contributed by atoms with van der Waals surface area (Å²) in [5.74, 6) is 0.668. The maximum absolute atomic E-state index is 12.7. The van der Waals surface area contributed by atoms with Gasteiger partial charge in [0.25, 0.3) is 11.8 Å². The van der Waals surface area contributed by atoms with E-state index in [-0.39, 0.29) is 46.1 Å². The smallest absolute Gasteiger partial charge is 0.302 e. The van der Waals surface area contributed by atoms with Gasteiger partial charge in [-0.1, -0.05) is 24.3 Å². The fraction of sp³-hybridized carbons (Fsp3) is 0.429. The first-order chi connectivity index (χ1) is 26.4. The SMILES string of the molecule is CC(=O)Cl.COc1ccccc1C(=O)NCC1(c2ccsc2)CCC(O)CC1.COc1ccccc1C(=O)NCC1(c2ccsc2)CCC(OC(C)=O)CC1. The van der Waals surface area contributed by atoms with Crippen molar-refractivity contribution in [2.45, 2.75) is 88.3 Å². The summed E-state index contributed by atoms with van der Waals surface area (Å²) in [5.41, 5.74) is 3.38. The molecule has 2 heterocycles. The molecule has 13 heteroatoms. The molecule has 0 radical (unpaired) electrons. The van der Waals surface area contributed by atoms with Crippen LogP contribution in [0.2, 0.25) is 0 Å². The molecule has 0 aliphatic heterocycles. The van der Waals surface area contributed by atoms with Crippen LogP contribution < -0.4 is 20.1 Å². The van der Waals surface area contributed by atoms with Crippen LogP contribution in [0.3, 0.4) is 0 Å². The molecule has 2 aromatic heterocycles. The number of carbonyl (C=O) groups excluding carboxylic acids is 4. The van der Waals surface area contributed by atoms with Crippen LogP contribution in [-0.4, -0.2) is 67.6 Å². The molecule has 2 fully saturated rings. The van der Waals surface area contributed by atoms with E-state index >= 15 is 0 Å². The number of thiophene rings is 2. The normalized spacial score (nSPS) is 21.6. The average molecular weight is 811 g/mol. The quantitative estimate of drug-likeness (QED) is 0.102. The molecule has 10 nitrogen and oxygen atoms in total. The molecule has 2 aliphatic rings. The van der Waals surface area contributed by atoms with Gasteiger partial charge >= 0.3 is 5.97 Å². The van der Waals surface area contributed by atoms with Gasteiger partial charge in [0.1, 0.15) is 17.6 Å². The third-order valence-electron chi connectivity index (χ3n) is 10.3. The molecular weight excluding hydrogens is 760 g/mol. The fourth-order valence-electron chi connectivity index (χ4n) is 7.27. The predicted octanol–water partition coefficient (Wildman–Crippen LogP) is 8.06. The summed E-state index contributed by atoms with van der Waals surface area (Å²) in [5, 5.41) is 24.2. The minimum atomic E-state index is -0.361. The number of methoxy groups -OCH3 is 2. The third-order valence-corrected chi connectivity index (χ3v) is 11.6. The van der Waals surface area contributed by atoms with Crippen molar-refractivity contribution in [1.82, 2.24) is 10.6 Å². The fourth-order valence-corrected chi connectivity index (χ4v) is 8.83. The number of nitrogens with one attached hydrogen (secondary N) is 2. The van der Waals surface area contributed by atoms with Gasteiger partial charge in [-0.15, -0.1) is 0 Å². The van der Waals surface area contributed by atoms with Gasteiger partial charge in [-0.25, -0.2) is 0 Å². The third kappa shape index (κ3) is 12.4. The average Bonchev–Trinajstić information content (AvgIpc) is 3.94. The molecule has 0 spiro atoms. The molecule has 0 atom stereocenters. The highest BCUT2D eigenvalue weighted by atomic mass is 35.5. The minimum absolute atomic E-state index is 0.0285. The van der Waals surface area contributed by atoms with Crippen molar-refractivity contribution >= 4 is 57.3 Å². The number of benzene rings is 2. The first-order valence-electron chi connectivity index (χ1n) is 18.3. The Kier molecular flexibility index (Phi) is 16.7. The van der Waals surface area contributed by atoms with E-state index in [9.17, 15) is 24.3 Å². The number of aliphatic hydroxyl groups is 1. The van der Waals surface area contributed by atoms with Gasteiger partial charge in [-0.2, -0.15) is 22.7 Å². The Hall–Kier alpha value is -4.23. The molecule has 2 aromatic carbocycles. The second kappa shape index (κ2) is 21.2. The van der Waals surface area contributed by atoms with Crippen molar-refractivity contribution < 1.29 is 38.5 Å². The number of amides is 2. The Morgan fingerprint density at radius 1 is 0.709 bits per heavy atom. The zero-order valence-electron chi connectivity index (χ0n) is 31.8. The summed E-state index contributed by atoms with van der Waals surface area (Å²) in [4.78, 5) is 45.8. The standard InChI is InChI=1S/C21H25NO4S.C19H23NO3S.C2H3ClO/c1-15(23)26-17-7-10-21(11-8-17,16-9-12-27-13-16)14-22-20(24)18-5-3-4-6-19(18)25-2;1-23-17-5-3-2-4-16(17)18(22)20-13-19(14-8-11-24-12-14)9-6-15(21)7-10-19;1-2(3)4/h3-6,9,12-13,17H,7-8,10-11,14H2,1-2H3,(H,22,24);2-5,8,11-12,15,21H,6-7,9-10,13H2,1H3,(H,20,22);1H3. The van der Waals surface area contributed by atoms with Crippen LogP contribution in [0.5, 0.6) is 11.5 Å². The Balaban J connectivity index is 0.000000224. The zero-order chi connectivity index (χ0) is 39.8. The van der Waals surface area contributed by atoms with Gasteiger partial charge in [0.15, 0.2) is 0 Å². The van der Waals surface area contributed by atoms with Crippen LogP contribution >= 0.6 is 34.3 Å². The maximum atomic E-state index is 12.7. The molecule has 0 bridgehead atoms. The zero-order valence-corrected chi connectivity index (χ0v) is 34.2. The van der Waals surface area contributed by atoms with Crippen molar-refractivity contribution in [2.75, 3.05) is 27.3 Å². The number of hydrogen-bond acceptors (Lipinski definition) is 10. The van der Waals surface area contributed by atoms with Crippen molar-refractivity contribution in [3.05, 3.63) is 104 Å². The van der Waals surface area contributed by atoms with E-state index in [1.807, 2.05) is 24.3 Å². The number of hydrogen-bond donors (Lipinski definition) is 3. The Labute approximate surface area is 336 Å². The molecule has 55 heavy (non-hydrogen) atoms. The molecule has 2 amide bonds. The highest BCUT2D eigenvalue weighted by Crippen LogP contribution is 2.42. The Morgan fingerprint density at radius 3 is 1.47 bits per heavy atom. The van der Waals surface area contributed by atoms with E-state index in [4.69, 9.17) is 14.2 Å². The summed E-state index contributed by atoms with van der Waals surface area (Å²) in [7, 11) is 3.14. The van der Waals surface area contributed by atoms with Gasteiger partial charge in [-0.05, 0) is 132 Å². The number of para-hydroxylation sites is 2. The van der Waals surface area contributed by atoms with Crippen LogP contribution in [0.15, 0.2) is 82.2 Å². The van der Waals surface area contributed by atoms with E-state index in [0.717, 1.165) is 51.4 Å². The largest absolute Gasteiger partial charge is 0.496 e. The number of rotatable bonds is 11. The van der Waals surface area contributed by atoms with Gasteiger partial charge in [-0.3, -0.25) is 19.2 Å². The molecule has 2 saturated carbocycles. The number of esters is 1. The van der Waals surface area contributed by atoms with Crippen molar-refractivity contribution in [2.24, 2.45) is 0 Å². The lowest BCUT2D eigenvalue weighted by molar-refractivity contribution is -0.148. The van der Waals surface area contributed by atoms with Crippen LogP contribution in [0.25, 0.3) is 0 Å². The molecule has 6 rings (SSSR count). The first kappa shape index (κ1) is 43.5. The van der Waals surface area contributed by atoms with E-state index < -0.39 is 0 Å². The summed E-state index contributed by atoms with van der Waals surface area (Å²) >= 11 is 7.97. The summed E-state index contributed by atoms with van der Waals surface area (Å²) < 4.78 is 16.0. The van der Waals surface area contributed by atoms with Gasteiger partial charge < -0.3 is 30.0 Å². The summed E-state index contributed by atoms with van der Waals surface area (Å²) in [6.07, 6.45) is 6.43. The summed E-state index contributed by atoms with van der Waals surface area (Å²) in [6, 6.07) is 18.8. The lowest BCUT2D eigenvalue weighted by Gasteiger charge is -2.40. The lowest BCUT2D eigenvalue weighted by Crippen LogP contribution is -2.44. The molecular formula is C42H51ClN2O8S2. The molecule has 0 saturated heterocycles. The predicted molar refractivity (Wildman–Crippen MR) is 218 cm³/mol. The van der Waals surface area contributed by atoms with Gasteiger partial charge in [0, 0.05) is 37.8 Å². The number of ether oxygens (including phenoxy) is 3. The van der Waals surface area contributed by atoms with Crippen LogP contribution in [0.4, 0.5) is 0 Å². The van der Waals surface area contributed by atoms with E-state index in [1.54, 1.807) is 61.2 Å². The van der Waals surface area contributed by atoms with Crippen LogP contribution in [0, 0.1) is 0 Å². The maximum Gasteiger partial charge on any atom is 0.302 e. The van der Waals surface area contributed by atoms with Gasteiger partial charge in [0.2, 0.25) is 5.24 Å². The van der Waals surface area contributed by atoms with E-state index in [1.165, 1.54) is 25.0 Å². The number of aliphatic hydroxyl groups excluding tert-OH is 1. The van der Waals surface area contributed by atoms with E-state index in [2.05, 4.69) is 55.9 Å². The molecule has 2 aliphatic carbocycles. The first-order valence-corrected chi connectivity index (χ1v) is 20.6. The molecule has 4 aromatic rings. The highest BCUT2D eigenvalue weighted by Gasteiger charge is 2.39. The second-order valence-electron chi connectivity index (χ2n) is 13.9. The molecule has 3 N–H and O–H groups in total.